The van der Waals surface area contributed by atoms with Gasteiger partial charge in [-0.15, -0.1) is 11.3 Å². The number of nitrogens with zero attached hydrogens (tertiary/aromatic N) is 3. The fraction of sp³-hybridized carbons (Fsp3) is 0.474. The van der Waals surface area contributed by atoms with Crippen LogP contribution in [0.1, 0.15) is 28.7 Å². The minimum Gasteiger partial charge on any atom is -0.368 e. The molecule has 0 spiro atoms. The predicted octanol–water partition coefficient (Wildman–Crippen LogP) is 2.52. The van der Waals surface area contributed by atoms with Gasteiger partial charge in [-0.05, 0) is 26.0 Å². The molecule has 7 heteroatoms. The molecular weight excluding hydrogens is 351 g/mol. The highest BCUT2D eigenvalue weighted by Gasteiger charge is 2.35. The van der Waals surface area contributed by atoms with Crippen LogP contribution >= 0.6 is 11.3 Å². The topological polar surface area (TPSA) is 62.5 Å². The van der Waals surface area contributed by atoms with Gasteiger partial charge in [0.15, 0.2) is 0 Å². The van der Waals surface area contributed by atoms with Gasteiger partial charge in [-0.3, -0.25) is 14.6 Å². The number of nitrogens with two attached hydrogens (primary N) is 1. The van der Waals surface area contributed by atoms with Crippen LogP contribution < -0.4 is 5.73 Å². The second-order valence-electron chi connectivity index (χ2n) is 6.93. The lowest BCUT2D eigenvalue weighted by Gasteiger charge is -2.32. The molecule has 1 saturated heterocycles. The van der Waals surface area contributed by atoms with Crippen LogP contribution in [0, 0.1) is 6.92 Å². The first-order valence-electron chi connectivity index (χ1n) is 8.77. The Labute approximate surface area is 157 Å². The molecule has 1 aliphatic heterocycles. The Balaban J connectivity index is 1.71. The van der Waals surface area contributed by atoms with Crippen molar-refractivity contribution in [1.82, 2.24) is 14.8 Å². The largest absolute Gasteiger partial charge is 0.368 e. The minimum absolute atomic E-state index is 0.0302. The van der Waals surface area contributed by atoms with Crippen LogP contribution in [0.3, 0.4) is 0 Å². The molecule has 1 aliphatic rings. The smallest absolute Gasteiger partial charge is 0.239 e. The van der Waals surface area contributed by atoms with Gasteiger partial charge in [-0.2, -0.15) is 0 Å². The van der Waals surface area contributed by atoms with Gasteiger partial charge in [0.25, 0.3) is 0 Å². The second-order valence-corrected chi connectivity index (χ2v) is 7.99. The number of carbonyl (C=O) groups excluding carboxylic acids is 1. The molecule has 140 valence electrons. The number of benzene rings is 1. The maximum absolute atomic E-state index is 14.1. The molecule has 26 heavy (non-hydrogen) atoms. The van der Waals surface area contributed by atoms with E-state index in [1.165, 1.54) is 0 Å². The standard InChI is InChI=1S/C19H25FN4OS/c1-13-22-16(12-26-13)10-24-9-15(20)8-17(24)11-23(2)18(19(21)25)14-6-4-3-5-7-14/h3-7,12,15,17-18H,8-11H2,1-2H3,(H2,21,25)/t15-,17-,18-/m0/s1. The number of hydrogen-bond acceptors (Lipinski definition) is 5. The van der Waals surface area contributed by atoms with E-state index in [-0.39, 0.29) is 6.04 Å². The van der Waals surface area contributed by atoms with Crippen LogP contribution in [0.4, 0.5) is 4.39 Å². The zero-order valence-corrected chi connectivity index (χ0v) is 16.0. The van der Waals surface area contributed by atoms with Crippen molar-refractivity contribution in [3.63, 3.8) is 0 Å². The van der Waals surface area contributed by atoms with Crippen LogP contribution in [-0.4, -0.2) is 53.0 Å². The van der Waals surface area contributed by atoms with E-state index >= 15 is 0 Å². The number of amides is 1. The van der Waals surface area contributed by atoms with Gasteiger partial charge in [0.1, 0.15) is 12.2 Å². The molecule has 0 unspecified atom stereocenters. The molecule has 3 atom stereocenters. The molecule has 1 aromatic carbocycles. The summed E-state index contributed by atoms with van der Waals surface area (Å²) in [6.45, 7) is 3.59. The molecular formula is C19H25FN4OS. The quantitative estimate of drug-likeness (QED) is 0.807. The summed E-state index contributed by atoms with van der Waals surface area (Å²) in [7, 11) is 1.87. The molecule has 1 fully saturated rings. The summed E-state index contributed by atoms with van der Waals surface area (Å²) in [4.78, 5) is 20.6. The SMILES string of the molecule is Cc1nc(CN2C[C@@H](F)C[C@H]2CN(C)[C@H](C(N)=O)c2ccccc2)cs1. The molecule has 1 amide bonds. The maximum atomic E-state index is 14.1. The number of likely N-dealkylation sites (tertiary alicyclic amines) is 1. The number of aromatic nitrogens is 1. The van der Waals surface area contributed by atoms with E-state index in [2.05, 4.69) is 9.88 Å². The Bertz CT molecular complexity index is 738. The lowest BCUT2D eigenvalue weighted by molar-refractivity contribution is -0.123. The first kappa shape index (κ1) is 18.9. The number of carbonyl (C=O) groups is 1. The number of rotatable bonds is 7. The summed E-state index contributed by atoms with van der Waals surface area (Å²) >= 11 is 1.61. The number of primary amides is 1. The molecule has 2 aromatic rings. The van der Waals surface area contributed by atoms with Gasteiger partial charge in [0.2, 0.25) is 5.91 Å². The van der Waals surface area contributed by atoms with Crippen LogP contribution in [0.25, 0.3) is 0 Å². The number of hydrogen-bond donors (Lipinski definition) is 1. The van der Waals surface area contributed by atoms with Gasteiger partial charge in [-0.1, -0.05) is 30.3 Å². The maximum Gasteiger partial charge on any atom is 0.239 e. The summed E-state index contributed by atoms with van der Waals surface area (Å²) in [5.41, 5.74) is 7.49. The second kappa shape index (κ2) is 8.24. The van der Waals surface area contributed by atoms with Crippen molar-refractivity contribution >= 4 is 17.2 Å². The Hall–Kier alpha value is -1.83. The van der Waals surface area contributed by atoms with Crippen molar-refractivity contribution in [3.05, 3.63) is 52.0 Å². The van der Waals surface area contributed by atoms with E-state index in [4.69, 9.17) is 5.73 Å². The zero-order chi connectivity index (χ0) is 18.7. The summed E-state index contributed by atoms with van der Waals surface area (Å²) in [6, 6.07) is 9.00. The van der Waals surface area contributed by atoms with Gasteiger partial charge in [0.05, 0.1) is 10.7 Å². The van der Waals surface area contributed by atoms with E-state index in [9.17, 15) is 9.18 Å². The molecule has 0 bridgehead atoms. The van der Waals surface area contributed by atoms with Gasteiger partial charge >= 0.3 is 0 Å². The van der Waals surface area contributed by atoms with Crippen molar-refractivity contribution < 1.29 is 9.18 Å². The molecule has 3 rings (SSSR count). The number of likely N-dealkylation sites (N-methyl/N-ethyl adjacent to an activating group) is 1. The average molecular weight is 377 g/mol. The molecule has 1 aromatic heterocycles. The molecule has 0 saturated carbocycles. The third-order valence-electron chi connectivity index (χ3n) is 4.83. The molecule has 5 nitrogen and oxygen atoms in total. The molecule has 0 radical (unpaired) electrons. The van der Waals surface area contributed by atoms with E-state index in [1.54, 1.807) is 11.3 Å². The van der Waals surface area contributed by atoms with Crippen LogP contribution in [0.15, 0.2) is 35.7 Å². The zero-order valence-electron chi connectivity index (χ0n) is 15.1. The van der Waals surface area contributed by atoms with Crippen molar-refractivity contribution in [2.45, 2.75) is 38.1 Å². The monoisotopic (exact) mass is 376 g/mol. The van der Waals surface area contributed by atoms with Crippen molar-refractivity contribution in [2.24, 2.45) is 5.73 Å². The molecule has 2 N–H and O–H groups in total. The number of halogens is 1. The lowest BCUT2D eigenvalue weighted by atomic mass is 10.0. The number of thiazole rings is 1. The van der Waals surface area contributed by atoms with E-state index in [0.717, 1.165) is 16.3 Å². The third kappa shape index (κ3) is 4.47. The Kier molecular flexibility index (Phi) is 6.01. The lowest BCUT2D eigenvalue weighted by Crippen LogP contribution is -2.43. The van der Waals surface area contributed by atoms with E-state index in [0.29, 0.717) is 26.1 Å². The van der Waals surface area contributed by atoms with Crippen LogP contribution in [-0.2, 0) is 11.3 Å². The van der Waals surface area contributed by atoms with E-state index < -0.39 is 18.1 Å². The minimum atomic E-state index is -0.850. The summed E-state index contributed by atoms with van der Waals surface area (Å²) < 4.78 is 14.1. The Morgan fingerprint density at radius 2 is 2.19 bits per heavy atom. The third-order valence-corrected chi connectivity index (χ3v) is 5.66. The van der Waals surface area contributed by atoms with Gasteiger partial charge in [0, 0.05) is 31.1 Å². The van der Waals surface area contributed by atoms with Crippen molar-refractivity contribution in [3.8, 4) is 0 Å². The fourth-order valence-corrected chi connectivity index (χ4v) is 4.31. The van der Waals surface area contributed by atoms with Crippen molar-refractivity contribution in [1.29, 1.82) is 0 Å². The van der Waals surface area contributed by atoms with E-state index in [1.807, 2.05) is 54.6 Å². The summed E-state index contributed by atoms with van der Waals surface area (Å²) in [6.07, 6.45) is -0.384. The summed E-state index contributed by atoms with van der Waals surface area (Å²) in [5.74, 6) is -0.393. The van der Waals surface area contributed by atoms with Gasteiger partial charge in [-0.25, -0.2) is 9.37 Å². The number of alkyl halides is 1. The summed E-state index contributed by atoms with van der Waals surface area (Å²) in [5, 5.41) is 3.04. The van der Waals surface area contributed by atoms with Gasteiger partial charge < -0.3 is 5.73 Å². The van der Waals surface area contributed by atoms with Crippen LogP contribution in [0.5, 0.6) is 0 Å². The number of aryl methyl sites for hydroxylation is 1. The predicted molar refractivity (Wildman–Crippen MR) is 102 cm³/mol. The fourth-order valence-electron chi connectivity index (χ4n) is 3.70. The molecule has 2 heterocycles. The highest BCUT2D eigenvalue weighted by Crippen LogP contribution is 2.26. The first-order chi connectivity index (χ1) is 12.4. The first-order valence-corrected chi connectivity index (χ1v) is 9.65. The average Bonchev–Trinajstić information content (AvgIpc) is 3.14. The Morgan fingerprint density at radius 1 is 1.46 bits per heavy atom. The van der Waals surface area contributed by atoms with Crippen molar-refractivity contribution in [2.75, 3.05) is 20.1 Å². The highest BCUT2D eigenvalue weighted by molar-refractivity contribution is 7.09. The Morgan fingerprint density at radius 3 is 2.81 bits per heavy atom. The molecule has 0 aliphatic carbocycles. The normalized spacial score (nSPS) is 22.0. The highest BCUT2D eigenvalue weighted by atomic mass is 32.1. The van der Waals surface area contributed by atoms with Crippen LogP contribution in [0.2, 0.25) is 0 Å².